The van der Waals surface area contributed by atoms with Crippen LogP contribution in [0.4, 0.5) is 16.2 Å². The zero-order valence-corrected chi connectivity index (χ0v) is 28.4. The third-order valence-electron chi connectivity index (χ3n) is 7.38. The molecule has 236 valence electrons. The van der Waals surface area contributed by atoms with Gasteiger partial charge in [0.25, 0.3) is 0 Å². The van der Waals surface area contributed by atoms with Crippen molar-refractivity contribution in [1.29, 1.82) is 0 Å². The maximum Gasteiger partial charge on any atom is 0.351 e. The van der Waals surface area contributed by atoms with E-state index in [1.807, 2.05) is 53.4 Å². The number of nitrogens with one attached hydrogen (secondary N) is 1. The van der Waals surface area contributed by atoms with Crippen LogP contribution in [0.15, 0.2) is 53.0 Å². The molecule has 0 atom stereocenters. The predicted octanol–water partition coefficient (Wildman–Crippen LogP) is 8.87. The first-order chi connectivity index (χ1) is 21.0. The summed E-state index contributed by atoms with van der Waals surface area (Å²) in [6, 6.07) is 15.4. The van der Waals surface area contributed by atoms with Crippen molar-refractivity contribution < 1.29 is 28.6 Å². The first kappa shape index (κ1) is 33.5. The molecule has 1 N–H and O–H groups in total. The van der Waals surface area contributed by atoms with Crippen molar-refractivity contribution >= 4 is 56.6 Å². The molecule has 0 radical (unpaired) electrons. The third kappa shape index (κ3) is 8.85. The number of benzene rings is 2. The van der Waals surface area contributed by atoms with E-state index in [2.05, 4.69) is 28.2 Å². The van der Waals surface area contributed by atoms with Gasteiger partial charge in [-0.05, 0) is 97.3 Å². The molecule has 0 aliphatic heterocycles. The van der Waals surface area contributed by atoms with Gasteiger partial charge in [0, 0.05) is 17.9 Å². The molecule has 2 aromatic carbocycles. The van der Waals surface area contributed by atoms with Crippen molar-refractivity contribution in [2.24, 2.45) is 5.92 Å². The van der Waals surface area contributed by atoms with E-state index in [1.165, 1.54) is 43.3 Å². The summed E-state index contributed by atoms with van der Waals surface area (Å²) in [5.41, 5.74) is 2.81. The fourth-order valence-electron chi connectivity index (χ4n) is 5.20. The summed E-state index contributed by atoms with van der Waals surface area (Å²) in [5, 5.41) is 3.09. The fraction of sp³-hybridized carbons (Fsp3) is 0.441. The van der Waals surface area contributed by atoms with Gasteiger partial charge in [-0.2, -0.15) is 0 Å². The quantitative estimate of drug-likeness (QED) is 0.214. The SMILES string of the molecule is CCc1ccc(NC(=O)N(CC2CCCCC2)c2cccc(-c3sc(C(=O)OC)c(OCC(=O)OC(C)(C)C)c3Br)c2)cc1. The Kier molecular flexibility index (Phi) is 11.5. The molecule has 1 fully saturated rings. The average molecular weight is 686 g/mol. The van der Waals surface area contributed by atoms with Crippen LogP contribution in [-0.4, -0.2) is 43.8 Å². The molecule has 0 spiro atoms. The molecule has 0 bridgehead atoms. The first-order valence-electron chi connectivity index (χ1n) is 15.0. The first-order valence-corrected chi connectivity index (χ1v) is 16.6. The maximum absolute atomic E-state index is 13.8. The number of nitrogens with zero attached hydrogens (tertiary/aromatic N) is 1. The van der Waals surface area contributed by atoms with Gasteiger partial charge in [-0.3, -0.25) is 4.90 Å². The lowest BCUT2D eigenvalue weighted by Crippen LogP contribution is -2.39. The van der Waals surface area contributed by atoms with Gasteiger partial charge in [-0.1, -0.05) is 50.5 Å². The van der Waals surface area contributed by atoms with Gasteiger partial charge in [0.05, 0.1) is 16.5 Å². The Morgan fingerprint density at radius 2 is 1.75 bits per heavy atom. The monoisotopic (exact) mass is 684 g/mol. The summed E-state index contributed by atoms with van der Waals surface area (Å²) in [4.78, 5) is 41.6. The number of esters is 2. The lowest BCUT2D eigenvalue weighted by atomic mass is 9.89. The van der Waals surface area contributed by atoms with Crippen LogP contribution >= 0.6 is 27.3 Å². The standard InChI is InChI=1S/C34H41BrN2O6S/c1-6-22-15-17-25(18-16-22)36-33(40)37(20-23-11-8-7-9-12-23)26-14-10-13-24(19-26)30-28(35)29(31(44-30)32(39)41-5)42-21-27(38)43-34(2,3)4/h10,13-19,23H,6-9,11-12,20-21H2,1-5H3,(H,36,40). The molecule has 44 heavy (non-hydrogen) atoms. The molecular weight excluding hydrogens is 644 g/mol. The van der Waals surface area contributed by atoms with E-state index in [0.717, 1.165) is 36.2 Å². The van der Waals surface area contributed by atoms with E-state index in [4.69, 9.17) is 14.2 Å². The molecule has 1 saturated carbocycles. The Balaban J connectivity index is 1.65. The van der Waals surface area contributed by atoms with Gasteiger partial charge in [0.15, 0.2) is 17.2 Å². The maximum atomic E-state index is 13.8. The lowest BCUT2D eigenvalue weighted by molar-refractivity contribution is -0.157. The third-order valence-corrected chi connectivity index (χ3v) is 9.60. The molecule has 2 amide bonds. The molecule has 1 aromatic heterocycles. The van der Waals surface area contributed by atoms with Gasteiger partial charge in [-0.15, -0.1) is 11.3 Å². The predicted molar refractivity (Wildman–Crippen MR) is 179 cm³/mol. The molecule has 1 aliphatic carbocycles. The van der Waals surface area contributed by atoms with Crippen LogP contribution in [-0.2, 0) is 20.7 Å². The molecule has 1 aliphatic rings. The van der Waals surface area contributed by atoms with Crippen LogP contribution in [0.3, 0.4) is 0 Å². The van der Waals surface area contributed by atoms with E-state index >= 15 is 0 Å². The van der Waals surface area contributed by atoms with E-state index < -0.39 is 17.5 Å². The number of carbonyl (C=O) groups excluding carboxylic acids is 3. The second kappa shape index (κ2) is 15.1. The van der Waals surface area contributed by atoms with E-state index in [0.29, 0.717) is 21.8 Å². The minimum atomic E-state index is -0.669. The van der Waals surface area contributed by atoms with Crippen LogP contribution in [0, 0.1) is 5.92 Å². The highest BCUT2D eigenvalue weighted by Gasteiger charge is 2.28. The second-order valence-electron chi connectivity index (χ2n) is 11.9. The molecule has 10 heteroatoms. The van der Waals surface area contributed by atoms with Crippen molar-refractivity contribution in [3.8, 4) is 16.2 Å². The van der Waals surface area contributed by atoms with Crippen LogP contribution in [0.5, 0.6) is 5.75 Å². The lowest BCUT2D eigenvalue weighted by Gasteiger charge is -2.30. The number of rotatable bonds is 10. The van der Waals surface area contributed by atoms with Crippen molar-refractivity contribution in [2.75, 3.05) is 30.5 Å². The average Bonchev–Trinajstić information content (AvgIpc) is 3.34. The Morgan fingerprint density at radius 1 is 1.05 bits per heavy atom. The van der Waals surface area contributed by atoms with Crippen LogP contribution < -0.4 is 15.0 Å². The highest BCUT2D eigenvalue weighted by molar-refractivity contribution is 9.10. The van der Waals surface area contributed by atoms with Gasteiger partial charge in [-0.25, -0.2) is 14.4 Å². The Morgan fingerprint density at radius 3 is 2.39 bits per heavy atom. The number of thiophene rings is 1. The molecule has 1 heterocycles. The van der Waals surface area contributed by atoms with Gasteiger partial charge in [0.1, 0.15) is 5.60 Å². The van der Waals surface area contributed by atoms with Gasteiger partial charge in [0.2, 0.25) is 0 Å². The minimum absolute atomic E-state index is 0.196. The van der Waals surface area contributed by atoms with Gasteiger partial charge >= 0.3 is 18.0 Å². The molecule has 8 nitrogen and oxygen atoms in total. The number of urea groups is 1. The number of amides is 2. The summed E-state index contributed by atoms with van der Waals surface area (Å²) < 4.78 is 16.7. The Bertz CT molecular complexity index is 1460. The largest absolute Gasteiger partial charge is 0.479 e. The highest BCUT2D eigenvalue weighted by atomic mass is 79.9. The smallest absolute Gasteiger partial charge is 0.351 e. The van der Waals surface area contributed by atoms with E-state index in [1.54, 1.807) is 20.8 Å². The number of hydrogen-bond acceptors (Lipinski definition) is 7. The van der Waals surface area contributed by atoms with Crippen molar-refractivity contribution in [1.82, 2.24) is 0 Å². The number of halogens is 1. The number of carbonyl (C=O) groups is 3. The molecule has 4 rings (SSSR count). The topological polar surface area (TPSA) is 94.2 Å². The molecule has 3 aromatic rings. The number of methoxy groups -OCH3 is 1. The van der Waals surface area contributed by atoms with Crippen LogP contribution in [0.25, 0.3) is 10.4 Å². The summed E-state index contributed by atoms with van der Waals surface area (Å²) in [6.07, 6.45) is 6.68. The Labute approximate surface area is 272 Å². The Hall–Kier alpha value is -3.37. The van der Waals surface area contributed by atoms with E-state index in [-0.39, 0.29) is 23.3 Å². The van der Waals surface area contributed by atoms with Crippen molar-refractivity contribution in [3.63, 3.8) is 0 Å². The van der Waals surface area contributed by atoms with Crippen molar-refractivity contribution in [2.45, 2.75) is 71.8 Å². The fourth-order valence-corrected chi connectivity index (χ4v) is 7.17. The minimum Gasteiger partial charge on any atom is -0.479 e. The highest BCUT2D eigenvalue weighted by Crippen LogP contribution is 2.46. The molecular formula is C34H41BrN2O6S. The van der Waals surface area contributed by atoms with E-state index in [9.17, 15) is 14.4 Å². The second-order valence-corrected chi connectivity index (χ2v) is 13.7. The zero-order chi connectivity index (χ0) is 31.9. The van der Waals surface area contributed by atoms with Crippen LogP contribution in [0.2, 0.25) is 0 Å². The summed E-state index contributed by atoms with van der Waals surface area (Å²) in [7, 11) is 1.30. The number of anilines is 2. The molecule has 0 saturated heterocycles. The van der Waals surface area contributed by atoms with Crippen molar-refractivity contribution in [3.05, 3.63) is 63.4 Å². The number of ether oxygens (including phenoxy) is 3. The number of aryl methyl sites for hydroxylation is 1. The number of hydrogen-bond donors (Lipinski definition) is 1. The normalized spacial score (nSPS) is 13.7. The summed E-state index contributed by atoms with van der Waals surface area (Å²) >= 11 is 4.80. The summed E-state index contributed by atoms with van der Waals surface area (Å²) in [6.45, 7) is 7.65. The summed E-state index contributed by atoms with van der Waals surface area (Å²) in [5.74, 6) is -0.512. The van der Waals surface area contributed by atoms with Crippen LogP contribution in [0.1, 0.15) is 75.0 Å². The zero-order valence-electron chi connectivity index (χ0n) is 26.0. The molecule has 0 unspecified atom stereocenters. The van der Waals surface area contributed by atoms with Gasteiger partial charge < -0.3 is 19.5 Å².